The summed E-state index contributed by atoms with van der Waals surface area (Å²) < 4.78 is 12.0. The van der Waals surface area contributed by atoms with Crippen molar-refractivity contribution in [2.24, 2.45) is 11.8 Å². The maximum Gasteiger partial charge on any atom is 0.306 e. The standard InChI is InChI=1S/C57H106N2O5/c1-4-7-10-13-15-16-17-18-19-20-21-22-23-25-32-43-56(61)63-50-53(51-64-57(62)49-52(36-28-12-9-6-3)37-29-24-14-11-8-5-2)38-33-34-44-58(55-41-35-42-55)45-46-59(47-48-60)54-39-30-26-27-31-40-54/h15-16,18-19,52-55,60H,4-14,17,20-51H2,1-3H3/b16-15-,19-18-. The number of allylic oxidation sites excluding steroid dienone is 4. The van der Waals surface area contributed by atoms with Crippen molar-refractivity contribution in [1.29, 1.82) is 0 Å². The molecular formula is C57H106N2O5. The number of carbonyl (C=O) groups is 2. The van der Waals surface area contributed by atoms with Crippen LogP contribution in [0.4, 0.5) is 0 Å². The lowest BCUT2D eigenvalue weighted by Gasteiger charge is -2.40. The van der Waals surface area contributed by atoms with Crippen LogP contribution in [0.15, 0.2) is 24.3 Å². The molecule has 0 aliphatic heterocycles. The lowest BCUT2D eigenvalue weighted by Crippen LogP contribution is -2.47. The Labute approximate surface area is 397 Å². The first-order valence-corrected chi connectivity index (χ1v) is 28.2. The topological polar surface area (TPSA) is 79.3 Å². The Hall–Kier alpha value is -1.70. The van der Waals surface area contributed by atoms with Gasteiger partial charge in [0.05, 0.1) is 19.8 Å². The molecule has 1 N–H and O–H groups in total. The molecule has 7 nitrogen and oxygen atoms in total. The molecule has 64 heavy (non-hydrogen) atoms. The third-order valence-corrected chi connectivity index (χ3v) is 14.5. The van der Waals surface area contributed by atoms with Crippen molar-refractivity contribution in [2.75, 3.05) is 46.0 Å². The number of hydrogen-bond acceptors (Lipinski definition) is 7. The van der Waals surface area contributed by atoms with Gasteiger partial charge in [0.25, 0.3) is 0 Å². The molecular weight excluding hydrogens is 793 g/mol. The predicted octanol–water partition coefficient (Wildman–Crippen LogP) is 15.3. The number of ether oxygens (including phenoxy) is 2. The molecule has 0 amide bonds. The summed E-state index contributed by atoms with van der Waals surface area (Å²) >= 11 is 0. The average Bonchev–Trinajstić information content (AvgIpc) is 3.57. The van der Waals surface area contributed by atoms with Crippen LogP contribution >= 0.6 is 0 Å². The summed E-state index contributed by atoms with van der Waals surface area (Å²) in [6.45, 7) is 11.7. The highest BCUT2D eigenvalue weighted by atomic mass is 16.5. The Bertz CT molecular complexity index is 1120. The predicted molar refractivity (Wildman–Crippen MR) is 273 cm³/mol. The lowest BCUT2D eigenvalue weighted by atomic mass is 9.91. The van der Waals surface area contributed by atoms with E-state index in [2.05, 4.69) is 54.9 Å². The molecule has 0 radical (unpaired) electrons. The fourth-order valence-electron chi connectivity index (χ4n) is 9.97. The van der Waals surface area contributed by atoms with E-state index in [0.29, 0.717) is 44.1 Å². The van der Waals surface area contributed by atoms with Gasteiger partial charge in [-0.1, -0.05) is 180 Å². The number of nitrogens with zero attached hydrogens (tertiary/aromatic N) is 2. The molecule has 2 atom stereocenters. The van der Waals surface area contributed by atoms with Crippen LogP contribution in [0.2, 0.25) is 0 Å². The van der Waals surface area contributed by atoms with Crippen LogP contribution in [-0.2, 0) is 19.1 Å². The van der Waals surface area contributed by atoms with Crippen LogP contribution in [-0.4, -0.2) is 84.9 Å². The molecule has 374 valence electrons. The van der Waals surface area contributed by atoms with Gasteiger partial charge >= 0.3 is 11.9 Å². The number of hydrogen-bond donors (Lipinski definition) is 1. The first kappa shape index (κ1) is 58.4. The summed E-state index contributed by atoms with van der Waals surface area (Å²) in [4.78, 5) is 31.7. The van der Waals surface area contributed by atoms with Crippen molar-refractivity contribution in [3.05, 3.63) is 24.3 Å². The summed E-state index contributed by atoms with van der Waals surface area (Å²) in [7, 11) is 0. The van der Waals surface area contributed by atoms with Crippen molar-refractivity contribution in [2.45, 2.75) is 270 Å². The van der Waals surface area contributed by atoms with Gasteiger partial charge in [0.15, 0.2) is 0 Å². The molecule has 0 saturated heterocycles. The quantitative estimate of drug-likeness (QED) is 0.0282. The third kappa shape index (κ3) is 32.1. The highest BCUT2D eigenvalue weighted by molar-refractivity contribution is 5.70. The Morgan fingerprint density at radius 2 is 0.969 bits per heavy atom. The molecule has 2 aliphatic rings. The third-order valence-electron chi connectivity index (χ3n) is 14.5. The van der Waals surface area contributed by atoms with Gasteiger partial charge in [-0.25, -0.2) is 0 Å². The Balaban J connectivity index is 1.86. The van der Waals surface area contributed by atoms with Gasteiger partial charge < -0.3 is 14.6 Å². The van der Waals surface area contributed by atoms with E-state index in [9.17, 15) is 14.7 Å². The molecule has 2 aliphatic carbocycles. The Kier molecular flexibility index (Phi) is 38.9. The molecule has 0 aromatic rings. The van der Waals surface area contributed by atoms with E-state index in [1.165, 1.54) is 161 Å². The van der Waals surface area contributed by atoms with Crippen LogP contribution in [0.1, 0.15) is 258 Å². The minimum absolute atomic E-state index is 0.0338. The van der Waals surface area contributed by atoms with Gasteiger partial charge in [0.2, 0.25) is 0 Å². The maximum atomic E-state index is 13.4. The van der Waals surface area contributed by atoms with E-state index >= 15 is 0 Å². The maximum absolute atomic E-state index is 13.4. The van der Waals surface area contributed by atoms with Crippen LogP contribution in [0.25, 0.3) is 0 Å². The molecule has 7 heteroatoms. The molecule has 0 aromatic heterocycles. The molecule has 0 bridgehead atoms. The smallest absolute Gasteiger partial charge is 0.306 e. The van der Waals surface area contributed by atoms with Crippen molar-refractivity contribution >= 4 is 11.9 Å². The number of esters is 2. The normalized spacial score (nSPS) is 16.2. The molecule has 2 saturated carbocycles. The summed E-state index contributed by atoms with van der Waals surface area (Å²) in [5.41, 5.74) is 0. The van der Waals surface area contributed by atoms with E-state index in [4.69, 9.17) is 9.47 Å². The number of rotatable bonds is 44. The van der Waals surface area contributed by atoms with E-state index in [1.807, 2.05) is 0 Å². The second-order valence-corrected chi connectivity index (χ2v) is 20.2. The fraction of sp³-hybridized carbons (Fsp3) is 0.895. The summed E-state index contributed by atoms with van der Waals surface area (Å²) in [6.07, 6.45) is 52.8. The number of aliphatic hydroxyl groups is 1. The zero-order valence-electron chi connectivity index (χ0n) is 42.7. The van der Waals surface area contributed by atoms with E-state index in [-0.39, 0.29) is 24.5 Å². The first-order chi connectivity index (χ1) is 31.5. The summed E-state index contributed by atoms with van der Waals surface area (Å²) in [6, 6.07) is 1.30. The minimum atomic E-state index is -0.106. The average molecular weight is 899 g/mol. The first-order valence-electron chi connectivity index (χ1n) is 28.2. The van der Waals surface area contributed by atoms with Gasteiger partial charge in [-0.15, -0.1) is 0 Å². The second-order valence-electron chi connectivity index (χ2n) is 20.2. The van der Waals surface area contributed by atoms with Gasteiger partial charge in [0.1, 0.15) is 0 Å². The van der Waals surface area contributed by atoms with Crippen molar-refractivity contribution < 1.29 is 24.2 Å². The van der Waals surface area contributed by atoms with Crippen LogP contribution in [0, 0.1) is 11.8 Å². The largest absolute Gasteiger partial charge is 0.465 e. The molecule has 0 spiro atoms. The van der Waals surface area contributed by atoms with Crippen molar-refractivity contribution in [3.8, 4) is 0 Å². The van der Waals surface area contributed by atoms with Gasteiger partial charge in [-0.05, 0) is 102 Å². The molecule has 2 rings (SSSR count). The monoisotopic (exact) mass is 899 g/mol. The van der Waals surface area contributed by atoms with Crippen molar-refractivity contribution in [1.82, 2.24) is 9.80 Å². The van der Waals surface area contributed by atoms with Crippen molar-refractivity contribution in [3.63, 3.8) is 0 Å². The summed E-state index contributed by atoms with van der Waals surface area (Å²) in [5.74, 6) is 0.269. The summed E-state index contributed by atoms with van der Waals surface area (Å²) in [5, 5.41) is 9.93. The highest BCUT2D eigenvalue weighted by Gasteiger charge is 2.27. The number of carbonyl (C=O) groups excluding carboxylic acids is 2. The zero-order valence-corrected chi connectivity index (χ0v) is 42.7. The van der Waals surface area contributed by atoms with Gasteiger partial charge in [-0.2, -0.15) is 0 Å². The number of unbranched alkanes of at least 4 members (excludes halogenated alkanes) is 17. The fourth-order valence-corrected chi connectivity index (χ4v) is 9.97. The van der Waals surface area contributed by atoms with Gasteiger partial charge in [-0.3, -0.25) is 19.4 Å². The van der Waals surface area contributed by atoms with E-state index in [1.54, 1.807) is 0 Å². The van der Waals surface area contributed by atoms with E-state index < -0.39 is 0 Å². The van der Waals surface area contributed by atoms with Gasteiger partial charge in [0, 0.05) is 50.5 Å². The highest BCUT2D eigenvalue weighted by Crippen LogP contribution is 2.27. The van der Waals surface area contributed by atoms with Crippen LogP contribution in [0.5, 0.6) is 0 Å². The Morgan fingerprint density at radius 3 is 1.56 bits per heavy atom. The van der Waals surface area contributed by atoms with E-state index in [0.717, 1.165) is 90.4 Å². The molecule has 2 fully saturated rings. The second kappa shape index (κ2) is 42.6. The number of aliphatic hydroxyl groups excluding tert-OH is 1. The van der Waals surface area contributed by atoms with Crippen LogP contribution < -0.4 is 0 Å². The molecule has 2 unspecified atom stereocenters. The lowest BCUT2D eigenvalue weighted by molar-refractivity contribution is -0.150. The van der Waals surface area contributed by atoms with Crippen LogP contribution in [0.3, 0.4) is 0 Å². The molecule has 0 heterocycles. The SMILES string of the molecule is CCCCC/C=C\C/C=C\CCCCCCCC(=O)OCC(CCCCN(CCN(CCO)C1CCCCCC1)C1CCC1)COC(=O)CC(CCCCCC)CCCCCCCC. The zero-order chi connectivity index (χ0) is 46.0. The molecule has 0 aromatic carbocycles. The Morgan fingerprint density at radius 1 is 0.500 bits per heavy atom. The minimum Gasteiger partial charge on any atom is -0.465 e.